The highest BCUT2D eigenvalue weighted by atomic mass is 16.5. The van der Waals surface area contributed by atoms with Gasteiger partial charge in [0.05, 0.1) is 20.6 Å². The molecular formula is C17H26N2O3. The maximum absolute atomic E-state index is 12.0. The number of carbonyl (C=O) groups excluding carboxylic acids is 1. The van der Waals surface area contributed by atoms with Gasteiger partial charge in [-0.2, -0.15) is 0 Å². The third kappa shape index (κ3) is 4.91. The SMILES string of the molecule is COc1ccc(CC(=O)NCCC2CCCNC2)cc1OC. The van der Waals surface area contributed by atoms with E-state index in [1.165, 1.54) is 12.8 Å². The number of nitrogens with one attached hydrogen (secondary N) is 2. The van der Waals surface area contributed by atoms with E-state index in [0.29, 0.717) is 23.8 Å². The molecule has 22 heavy (non-hydrogen) atoms. The summed E-state index contributed by atoms with van der Waals surface area (Å²) in [6.07, 6.45) is 3.91. The first-order valence-corrected chi connectivity index (χ1v) is 7.91. The number of benzene rings is 1. The summed E-state index contributed by atoms with van der Waals surface area (Å²) in [5.41, 5.74) is 0.925. The van der Waals surface area contributed by atoms with E-state index in [1.54, 1.807) is 14.2 Å². The second-order valence-corrected chi connectivity index (χ2v) is 5.72. The van der Waals surface area contributed by atoms with Crippen LogP contribution in [0.1, 0.15) is 24.8 Å². The Hall–Kier alpha value is -1.75. The molecule has 5 nitrogen and oxygen atoms in total. The molecule has 0 aromatic heterocycles. The highest BCUT2D eigenvalue weighted by molar-refractivity contribution is 5.78. The van der Waals surface area contributed by atoms with Crippen molar-refractivity contribution in [3.8, 4) is 11.5 Å². The summed E-state index contributed by atoms with van der Waals surface area (Å²) in [4.78, 5) is 12.0. The molecule has 1 aromatic carbocycles. The zero-order valence-electron chi connectivity index (χ0n) is 13.5. The molecule has 0 aliphatic carbocycles. The monoisotopic (exact) mass is 306 g/mol. The number of amides is 1. The predicted molar refractivity (Wildman–Crippen MR) is 86.5 cm³/mol. The number of methoxy groups -OCH3 is 2. The van der Waals surface area contributed by atoms with E-state index in [0.717, 1.165) is 31.6 Å². The van der Waals surface area contributed by atoms with Crippen LogP contribution in [0.3, 0.4) is 0 Å². The highest BCUT2D eigenvalue weighted by Crippen LogP contribution is 2.27. The van der Waals surface area contributed by atoms with E-state index in [2.05, 4.69) is 10.6 Å². The van der Waals surface area contributed by atoms with Crippen LogP contribution in [0.4, 0.5) is 0 Å². The summed E-state index contributed by atoms with van der Waals surface area (Å²) in [6.45, 7) is 2.95. The molecule has 0 spiro atoms. The molecule has 1 amide bonds. The Morgan fingerprint density at radius 1 is 1.32 bits per heavy atom. The summed E-state index contributed by atoms with van der Waals surface area (Å²) < 4.78 is 10.5. The Balaban J connectivity index is 1.76. The van der Waals surface area contributed by atoms with E-state index < -0.39 is 0 Å². The molecule has 1 aliphatic heterocycles. The van der Waals surface area contributed by atoms with Crippen LogP contribution in [0.25, 0.3) is 0 Å². The lowest BCUT2D eigenvalue weighted by molar-refractivity contribution is -0.120. The molecule has 0 radical (unpaired) electrons. The van der Waals surface area contributed by atoms with Crippen LogP contribution < -0.4 is 20.1 Å². The van der Waals surface area contributed by atoms with Crippen molar-refractivity contribution in [1.82, 2.24) is 10.6 Å². The number of piperidine rings is 1. The summed E-state index contributed by atoms with van der Waals surface area (Å²) >= 11 is 0. The van der Waals surface area contributed by atoms with Crippen LogP contribution in [0, 0.1) is 5.92 Å². The minimum absolute atomic E-state index is 0.0518. The van der Waals surface area contributed by atoms with Crippen molar-refractivity contribution >= 4 is 5.91 Å². The van der Waals surface area contributed by atoms with Crippen LogP contribution in [0.2, 0.25) is 0 Å². The summed E-state index contributed by atoms with van der Waals surface area (Å²) in [7, 11) is 3.20. The minimum Gasteiger partial charge on any atom is -0.493 e. The van der Waals surface area contributed by atoms with Crippen LogP contribution in [-0.4, -0.2) is 39.8 Å². The van der Waals surface area contributed by atoms with Crippen LogP contribution in [-0.2, 0) is 11.2 Å². The summed E-state index contributed by atoms with van der Waals surface area (Å²) in [6, 6.07) is 5.57. The van der Waals surface area contributed by atoms with Crippen molar-refractivity contribution in [3.05, 3.63) is 23.8 Å². The second kappa shape index (κ2) is 8.63. The molecule has 1 heterocycles. The van der Waals surface area contributed by atoms with Crippen LogP contribution >= 0.6 is 0 Å². The smallest absolute Gasteiger partial charge is 0.224 e. The fourth-order valence-corrected chi connectivity index (χ4v) is 2.82. The van der Waals surface area contributed by atoms with Gasteiger partial charge in [-0.3, -0.25) is 4.79 Å². The first kappa shape index (κ1) is 16.6. The number of carbonyl (C=O) groups is 1. The number of hydrogen-bond donors (Lipinski definition) is 2. The zero-order chi connectivity index (χ0) is 15.8. The van der Waals surface area contributed by atoms with Gasteiger partial charge in [0.1, 0.15) is 0 Å². The topological polar surface area (TPSA) is 59.6 Å². The van der Waals surface area contributed by atoms with Gasteiger partial charge in [-0.05, 0) is 56.0 Å². The molecule has 2 rings (SSSR count). The fraction of sp³-hybridized carbons (Fsp3) is 0.588. The number of rotatable bonds is 7. The average Bonchev–Trinajstić information content (AvgIpc) is 2.55. The molecule has 5 heteroatoms. The van der Waals surface area contributed by atoms with Crippen molar-refractivity contribution in [1.29, 1.82) is 0 Å². The molecule has 122 valence electrons. The summed E-state index contributed by atoms with van der Waals surface area (Å²) in [5, 5.41) is 6.40. The minimum atomic E-state index is 0.0518. The first-order valence-electron chi connectivity index (χ1n) is 7.91. The van der Waals surface area contributed by atoms with Gasteiger partial charge in [0.15, 0.2) is 11.5 Å². The van der Waals surface area contributed by atoms with Gasteiger partial charge in [-0.25, -0.2) is 0 Å². The molecule has 0 saturated carbocycles. The van der Waals surface area contributed by atoms with Crippen molar-refractivity contribution in [2.75, 3.05) is 33.9 Å². The van der Waals surface area contributed by atoms with E-state index >= 15 is 0 Å². The molecule has 0 bridgehead atoms. The maximum Gasteiger partial charge on any atom is 0.224 e. The standard InChI is InChI=1S/C17H26N2O3/c1-21-15-6-5-14(10-16(15)22-2)11-17(20)19-9-7-13-4-3-8-18-12-13/h5-6,10,13,18H,3-4,7-9,11-12H2,1-2H3,(H,19,20). The lowest BCUT2D eigenvalue weighted by atomic mass is 9.96. The van der Waals surface area contributed by atoms with Crippen molar-refractivity contribution in [2.45, 2.75) is 25.7 Å². The molecule has 1 atom stereocenters. The number of ether oxygens (including phenoxy) is 2. The predicted octanol–water partition coefficient (Wildman–Crippen LogP) is 1.75. The van der Waals surface area contributed by atoms with Gasteiger partial charge >= 0.3 is 0 Å². The van der Waals surface area contributed by atoms with Crippen molar-refractivity contribution in [3.63, 3.8) is 0 Å². The van der Waals surface area contributed by atoms with Crippen LogP contribution in [0.15, 0.2) is 18.2 Å². The van der Waals surface area contributed by atoms with Crippen molar-refractivity contribution < 1.29 is 14.3 Å². The van der Waals surface area contributed by atoms with Gasteiger partial charge in [-0.1, -0.05) is 6.07 Å². The molecule has 1 unspecified atom stereocenters. The maximum atomic E-state index is 12.0. The van der Waals surface area contributed by atoms with E-state index in [4.69, 9.17) is 9.47 Å². The number of hydrogen-bond acceptors (Lipinski definition) is 4. The highest BCUT2D eigenvalue weighted by Gasteiger charge is 2.13. The molecule has 1 fully saturated rings. The quantitative estimate of drug-likeness (QED) is 0.806. The third-order valence-corrected chi connectivity index (χ3v) is 4.09. The van der Waals surface area contributed by atoms with Gasteiger partial charge in [0, 0.05) is 6.54 Å². The molecular weight excluding hydrogens is 280 g/mol. The molecule has 1 aromatic rings. The zero-order valence-corrected chi connectivity index (χ0v) is 13.5. The van der Waals surface area contributed by atoms with Crippen LogP contribution in [0.5, 0.6) is 11.5 Å². The van der Waals surface area contributed by atoms with E-state index in [-0.39, 0.29) is 5.91 Å². The molecule has 1 saturated heterocycles. The second-order valence-electron chi connectivity index (χ2n) is 5.72. The Kier molecular flexibility index (Phi) is 6.52. The average molecular weight is 306 g/mol. The van der Waals surface area contributed by atoms with Gasteiger partial charge in [0.25, 0.3) is 0 Å². The third-order valence-electron chi connectivity index (χ3n) is 4.09. The molecule has 2 N–H and O–H groups in total. The lowest BCUT2D eigenvalue weighted by Crippen LogP contribution is -2.33. The Morgan fingerprint density at radius 3 is 2.82 bits per heavy atom. The summed E-state index contributed by atoms with van der Waals surface area (Å²) in [5.74, 6) is 2.07. The Morgan fingerprint density at radius 2 is 2.14 bits per heavy atom. The van der Waals surface area contributed by atoms with Gasteiger partial charge < -0.3 is 20.1 Å². The Bertz CT molecular complexity index is 485. The normalized spacial score (nSPS) is 17.8. The van der Waals surface area contributed by atoms with Gasteiger partial charge in [0.2, 0.25) is 5.91 Å². The Labute approximate surface area is 132 Å². The molecule has 1 aliphatic rings. The fourth-order valence-electron chi connectivity index (χ4n) is 2.82. The van der Waals surface area contributed by atoms with Gasteiger partial charge in [-0.15, -0.1) is 0 Å². The largest absolute Gasteiger partial charge is 0.493 e. The van der Waals surface area contributed by atoms with Crippen molar-refractivity contribution in [2.24, 2.45) is 5.92 Å². The lowest BCUT2D eigenvalue weighted by Gasteiger charge is -2.22. The van der Waals surface area contributed by atoms with E-state index in [1.807, 2.05) is 18.2 Å². The first-order chi connectivity index (χ1) is 10.7. The van der Waals surface area contributed by atoms with E-state index in [9.17, 15) is 4.79 Å².